The third kappa shape index (κ3) is 5.31. The van der Waals surface area contributed by atoms with Gasteiger partial charge in [0, 0.05) is 44.4 Å². The second kappa shape index (κ2) is 13.1. The van der Waals surface area contributed by atoms with Crippen molar-refractivity contribution in [3.05, 3.63) is 206 Å². The Kier molecular flexibility index (Phi) is 7.46. The van der Waals surface area contributed by atoms with Crippen LogP contribution < -0.4 is 0 Å². The van der Waals surface area contributed by atoms with Crippen molar-refractivity contribution in [1.29, 1.82) is 0 Å². The highest BCUT2D eigenvalue weighted by Gasteiger charge is 2.20. The lowest BCUT2D eigenvalue weighted by Crippen LogP contribution is -2.02. The van der Waals surface area contributed by atoms with Crippen LogP contribution in [0.4, 0.5) is 0 Å². The predicted molar refractivity (Wildman–Crippen MR) is 232 cm³/mol. The molecule has 0 N–H and O–H groups in total. The van der Waals surface area contributed by atoms with Gasteiger partial charge in [0.25, 0.3) is 0 Å². The van der Waals surface area contributed by atoms with Gasteiger partial charge in [0.1, 0.15) is 5.82 Å². The Hall–Kier alpha value is -7.56. The van der Waals surface area contributed by atoms with Gasteiger partial charge in [-0.15, -0.1) is 0 Å². The summed E-state index contributed by atoms with van der Waals surface area (Å²) < 4.78 is 4.70. The molecule has 0 amide bonds. The molecule has 11 aromatic rings. The van der Waals surface area contributed by atoms with Crippen LogP contribution in [-0.4, -0.2) is 19.1 Å². The van der Waals surface area contributed by atoms with E-state index >= 15 is 0 Å². The van der Waals surface area contributed by atoms with Crippen LogP contribution in [0.25, 0.3) is 100 Å². The fourth-order valence-electron chi connectivity index (χ4n) is 8.27. The third-order valence-electron chi connectivity index (χ3n) is 11.0. The first-order chi connectivity index (χ1) is 27.8. The average molecular weight is 715 g/mol. The summed E-state index contributed by atoms with van der Waals surface area (Å²) in [6, 6.07) is 73.2. The SMILES string of the molecule is c1ccc(-c2ccc(-c3cc(-n4c5ccccc5c5cc6c7ccccc7n(-c7ccccc7)c6cc54)nc(-c4ccc(-c5ccccc5)cc4)n3)cc2)cc1. The first kappa shape index (κ1) is 31.9. The molecule has 56 heavy (non-hydrogen) atoms. The fourth-order valence-corrected chi connectivity index (χ4v) is 8.27. The molecule has 0 fully saturated rings. The number of nitrogens with zero attached hydrogens (tertiary/aromatic N) is 4. The van der Waals surface area contributed by atoms with Crippen LogP contribution in [0.2, 0.25) is 0 Å². The number of aromatic nitrogens is 4. The van der Waals surface area contributed by atoms with Gasteiger partial charge in [-0.2, -0.15) is 0 Å². The Labute approximate surface area is 324 Å². The average Bonchev–Trinajstić information content (AvgIpc) is 3.78. The molecular formula is C52H34N4. The zero-order chi connectivity index (χ0) is 37.0. The summed E-state index contributed by atoms with van der Waals surface area (Å²) in [7, 11) is 0. The van der Waals surface area contributed by atoms with Gasteiger partial charge in [0.05, 0.1) is 27.8 Å². The van der Waals surface area contributed by atoms with Crippen molar-refractivity contribution in [2.75, 3.05) is 0 Å². The van der Waals surface area contributed by atoms with Gasteiger partial charge in [-0.25, -0.2) is 9.97 Å². The number of benzene rings is 8. The van der Waals surface area contributed by atoms with E-state index in [0.717, 1.165) is 50.4 Å². The molecule has 11 rings (SSSR count). The van der Waals surface area contributed by atoms with Gasteiger partial charge in [-0.3, -0.25) is 4.57 Å². The van der Waals surface area contributed by atoms with Crippen LogP contribution in [0, 0.1) is 0 Å². The van der Waals surface area contributed by atoms with Gasteiger partial charge < -0.3 is 4.57 Å². The standard InChI is InChI=1S/C52H34N4/c1-4-14-35(15-5-1)37-24-28-39(29-25-37)46-33-51(54-52(53-46)40-30-26-38(27-31-40)36-16-6-2-7-17-36)56-48-23-13-11-21-43(48)45-32-44-42-20-10-12-22-47(42)55(49(44)34-50(45)56)41-18-8-3-9-19-41/h1-34H. The summed E-state index contributed by atoms with van der Waals surface area (Å²) in [6.45, 7) is 0. The minimum absolute atomic E-state index is 0.676. The molecular weight excluding hydrogens is 681 g/mol. The molecule has 0 atom stereocenters. The quantitative estimate of drug-likeness (QED) is 0.172. The Morgan fingerprint density at radius 3 is 1.32 bits per heavy atom. The van der Waals surface area contributed by atoms with E-state index in [2.05, 4.69) is 209 Å². The minimum atomic E-state index is 0.676. The topological polar surface area (TPSA) is 35.6 Å². The number of hydrogen-bond acceptors (Lipinski definition) is 2. The lowest BCUT2D eigenvalue weighted by atomic mass is 10.0. The first-order valence-corrected chi connectivity index (χ1v) is 19.0. The Bertz CT molecular complexity index is 3100. The summed E-state index contributed by atoms with van der Waals surface area (Å²) in [5, 5.41) is 4.82. The van der Waals surface area contributed by atoms with E-state index in [1.165, 1.54) is 43.8 Å². The highest BCUT2D eigenvalue weighted by Crippen LogP contribution is 2.40. The van der Waals surface area contributed by atoms with Crippen LogP contribution in [0.5, 0.6) is 0 Å². The summed E-state index contributed by atoms with van der Waals surface area (Å²) in [6.07, 6.45) is 0. The molecule has 3 heterocycles. The Morgan fingerprint density at radius 2 is 0.732 bits per heavy atom. The fraction of sp³-hybridized carbons (Fsp3) is 0. The largest absolute Gasteiger partial charge is 0.309 e. The zero-order valence-corrected chi connectivity index (χ0v) is 30.4. The van der Waals surface area contributed by atoms with Crippen LogP contribution in [0.15, 0.2) is 206 Å². The number of hydrogen-bond donors (Lipinski definition) is 0. The minimum Gasteiger partial charge on any atom is -0.309 e. The van der Waals surface area contributed by atoms with E-state index in [9.17, 15) is 0 Å². The molecule has 0 spiro atoms. The van der Waals surface area contributed by atoms with Crippen LogP contribution in [-0.2, 0) is 0 Å². The number of para-hydroxylation sites is 3. The molecule has 0 bridgehead atoms. The van der Waals surface area contributed by atoms with Crippen molar-refractivity contribution in [3.63, 3.8) is 0 Å². The van der Waals surface area contributed by atoms with Gasteiger partial charge in [-0.1, -0.05) is 164 Å². The highest BCUT2D eigenvalue weighted by molar-refractivity contribution is 6.19. The molecule has 0 radical (unpaired) electrons. The molecule has 0 aliphatic heterocycles. The van der Waals surface area contributed by atoms with Crippen LogP contribution in [0.3, 0.4) is 0 Å². The molecule has 0 unspecified atom stereocenters. The summed E-state index contributed by atoms with van der Waals surface area (Å²) >= 11 is 0. The van der Waals surface area contributed by atoms with Crippen molar-refractivity contribution in [2.45, 2.75) is 0 Å². The molecule has 3 aromatic heterocycles. The lowest BCUT2D eigenvalue weighted by Gasteiger charge is -2.13. The van der Waals surface area contributed by atoms with Crippen molar-refractivity contribution in [2.24, 2.45) is 0 Å². The molecule has 262 valence electrons. The molecule has 0 saturated heterocycles. The second-order valence-corrected chi connectivity index (χ2v) is 14.2. The summed E-state index contributed by atoms with van der Waals surface area (Å²) in [5.74, 6) is 1.49. The maximum atomic E-state index is 5.39. The molecule has 0 aliphatic rings. The monoisotopic (exact) mass is 714 g/mol. The van der Waals surface area contributed by atoms with Crippen molar-refractivity contribution in [3.8, 4) is 56.4 Å². The molecule has 8 aromatic carbocycles. The van der Waals surface area contributed by atoms with E-state index in [1.54, 1.807) is 0 Å². The van der Waals surface area contributed by atoms with Crippen molar-refractivity contribution in [1.82, 2.24) is 19.1 Å². The van der Waals surface area contributed by atoms with Gasteiger partial charge in [0.15, 0.2) is 5.82 Å². The number of fused-ring (bicyclic) bond motifs is 6. The summed E-state index contributed by atoms with van der Waals surface area (Å²) in [5.41, 5.74) is 13.2. The Balaban J connectivity index is 1.16. The van der Waals surface area contributed by atoms with Crippen molar-refractivity contribution >= 4 is 43.6 Å². The van der Waals surface area contributed by atoms with Crippen molar-refractivity contribution < 1.29 is 0 Å². The molecule has 0 saturated carbocycles. The maximum Gasteiger partial charge on any atom is 0.162 e. The van der Waals surface area contributed by atoms with E-state index in [4.69, 9.17) is 9.97 Å². The Morgan fingerprint density at radius 1 is 0.286 bits per heavy atom. The van der Waals surface area contributed by atoms with Crippen LogP contribution in [0.1, 0.15) is 0 Å². The second-order valence-electron chi connectivity index (χ2n) is 14.2. The molecule has 0 aliphatic carbocycles. The highest BCUT2D eigenvalue weighted by atomic mass is 15.1. The van der Waals surface area contributed by atoms with E-state index < -0.39 is 0 Å². The van der Waals surface area contributed by atoms with Gasteiger partial charge >= 0.3 is 0 Å². The lowest BCUT2D eigenvalue weighted by molar-refractivity contribution is 1.05. The maximum absolute atomic E-state index is 5.39. The molecule has 4 heteroatoms. The molecule has 4 nitrogen and oxygen atoms in total. The smallest absolute Gasteiger partial charge is 0.162 e. The third-order valence-corrected chi connectivity index (χ3v) is 11.0. The van der Waals surface area contributed by atoms with E-state index in [1.807, 2.05) is 6.07 Å². The first-order valence-electron chi connectivity index (χ1n) is 19.0. The van der Waals surface area contributed by atoms with E-state index in [0.29, 0.717) is 5.82 Å². The normalized spacial score (nSPS) is 11.6. The van der Waals surface area contributed by atoms with Crippen LogP contribution >= 0.6 is 0 Å². The summed E-state index contributed by atoms with van der Waals surface area (Å²) in [4.78, 5) is 10.6. The number of rotatable bonds is 6. The predicted octanol–water partition coefficient (Wildman–Crippen LogP) is 13.3. The van der Waals surface area contributed by atoms with Gasteiger partial charge in [-0.05, 0) is 58.7 Å². The zero-order valence-electron chi connectivity index (χ0n) is 30.4. The van der Waals surface area contributed by atoms with Gasteiger partial charge in [0.2, 0.25) is 0 Å². The van der Waals surface area contributed by atoms with E-state index in [-0.39, 0.29) is 0 Å².